The zero-order valence-corrected chi connectivity index (χ0v) is 15.7. The molecule has 0 saturated carbocycles. The molecule has 4 rings (SSSR count). The summed E-state index contributed by atoms with van der Waals surface area (Å²) in [7, 11) is -2.00. The molecule has 138 valence electrons. The Morgan fingerprint density at radius 1 is 1.07 bits per heavy atom. The number of hydrogen-bond acceptors (Lipinski definition) is 6. The lowest BCUT2D eigenvalue weighted by molar-refractivity contribution is 0.368. The van der Waals surface area contributed by atoms with E-state index in [1.807, 2.05) is 48.5 Å². The van der Waals surface area contributed by atoms with Gasteiger partial charge in [0.15, 0.2) is 0 Å². The van der Waals surface area contributed by atoms with E-state index in [0.29, 0.717) is 29.1 Å². The zero-order chi connectivity index (χ0) is 19.0. The van der Waals surface area contributed by atoms with Crippen LogP contribution in [0.25, 0.3) is 11.0 Å². The van der Waals surface area contributed by atoms with Crippen molar-refractivity contribution < 1.29 is 13.2 Å². The van der Waals surface area contributed by atoms with E-state index in [-0.39, 0.29) is 0 Å². The first-order valence-electron chi connectivity index (χ1n) is 8.39. The number of para-hydroxylation sites is 3. The largest absolute Gasteiger partial charge is 0.496 e. The minimum Gasteiger partial charge on any atom is -0.496 e. The molecule has 27 heavy (non-hydrogen) atoms. The van der Waals surface area contributed by atoms with E-state index in [1.165, 1.54) is 0 Å². The van der Waals surface area contributed by atoms with Crippen molar-refractivity contribution in [3.8, 4) is 5.75 Å². The Balaban J connectivity index is 1.79. The molecule has 1 aliphatic heterocycles. The maximum absolute atomic E-state index is 12.4. The SMILES string of the molecule is COc1ccccc1C1=NN(S(C)(=O)=O)[C@@H](c2cnc3ccccc3n2)C1. The van der Waals surface area contributed by atoms with Gasteiger partial charge in [-0.3, -0.25) is 4.98 Å². The molecule has 0 aliphatic carbocycles. The summed E-state index contributed by atoms with van der Waals surface area (Å²) < 4.78 is 31.2. The van der Waals surface area contributed by atoms with E-state index < -0.39 is 16.1 Å². The first-order chi connectivity index (χ1) is 13.0. The third-order valence-electron chi connectivity index (χ3n) is 4.44. The number of methoxy groups -OCH3 is 1. The van der Waals surface area contributed by atoms with Crippen LogP contribution < -0.4 is 4.74 Å². The molecule has 1 aromatic heterocycles. The highest BCUT2D eigenvalue weighted by atomic mass is 32.2. The fourth-order valence-electron chi connectivity index (χ4n) is 3.19. The Hall–Kier alpha value is -3.00. The average molecular weight is 382 g/mol. The van der Waals surface area contributed by atoms with Gasteiger partial charge in [-0.1, -0.05) is 24.3 Å². The minimum absolute atomic E-state index is 0.389. The molecule has 8 heteroatoms. The van der Waals surface area contributed by atoms with E-state index in [9.17, 15) is 8.42 Å². The van der Waals surface area contributed by atoms with E-state index in [1.54, 1.807) is 13.3 Å². The summed E-state index contributed by atoms with van der Waals surface area (Å²) in [6, 6.07) is 14.4. The van der Waals surface area contributed by atoms with Crippen molar-refractivity contribution in [3.05, 3.63) is 66.0 Å². The third kappa shape index (κ3) is 3.23. The van der Waals surface area contributed by atoms with Crippen LogP contribution in [0.2, 0.25) is 0 Å². The van der Waals surface area contributed by atoms with E-state index in [0.717, 1.165) is 21.8 Å². The number of benzene rings is 2. The van der Waals surface area contributed by atoms with Gasteiger partial charge in [-0.25, -0.2) is 13.4 Å². The Bertz CT molecular complexity index is 1140. The van der Waals surface area contributed by atoms with Gasteiger partial charge < -0.3 is 4.74 Å². The van der Waals surface area contributed by atoms with Crippen molar-refractivity contribution in [2.24, 2.45) is 5.10 Å². The van der Waals surface area contributed by atoms with E-state index in [4.69, 9.17) is 4.74 Å². The Kier molecular flexibility index (Phi) is 4.27. The van der Waals surface area contributed by atoms with Gasteiger partial charge in [-0.15, -0.1) is 0 Å². The molecule has 0 spiro atoms. The fraction of sp³-hybridized carbons (Fsp3) is 0.211. The molecule has 0 amide bonds. The number of ether oxygens (including phenoxy) is 1. The van der Waals surface area contributed by atoms with Crippen molar-refractivity contribution in [2.45, 2.75) is 12.5 Å². The Labute approximate surface area is 157 Å². The highest BCUT2D eigenvalue weighted by Gasteiger charge is 2.36. The average Bonchev–Trinajstić information content (AvgIpc) is 3.13. The van der Waals surface area contributed by atoms with Gasteiger partial charge in [0.1, 0.15) is 11.8 Å². The summed E-state index contributed by atoms with van der Waals surface area (Å²) in [6.07, 6.45) is 3.15. The number of sulfonamides is 1. The fourth-order valence-corrected chi connectivity index (χ4v) is 4.08. The van der Waals surface area contributed by atoms with Gasteiger partial charge in [0.2, 0.25) is 10.0 Å². The second-order valence-electron chi connectivity index (χ2n) is 6.29. The van der Waals surface area contributed by atoms with Crippen LogP contribution in [-0.2, 0) is 10.0 Å². The lowest BCUT2D eigenvalue weighted by Crippen LogP contribution is -2.26. The third-order valence-corrected chi connectivity index (χ3v) is 5.45. The molecule has 0 radical (unpaired) electrons. The molecule has 2 aromatic carbocycles. The number of fused-ring (bicyclic) bond motifs is 1. The molecule has 1 atom stereocenters. The van der Waals surface area contributed by atoms with Gasteiger partial charge in [0, 0.05) is 12.0 Å². The van der Waals surface area contributed by atoms with E-state index in [2.05, 4.69) is 15.1 Å². The van der Waals surface area contributed by atoms with Crippen LogP contribution in [0.1, 0.15) is 23.7 Å². The Morgan fingerprint density at radius 3 is 2.52 bits per heavy atom. The maximum Gasteiger partial charge on any atom is 0.247 e. The standard InChI is InChI=1S/C19H18N4O3S/c1-26-19-10-6-3-7-13(19)16-11-18(23(22-16)27(2,24)25)17-12-20-14-8-4-5-9-15(14)21-17/h3-10,12,18H,11H2,1-2H3/t18-/m1/s1. The quantitative estimate of drug-likeness (QED) is 0.693. The van der Waals surface area contributed by atoms with Crippen LogP contribution in [-0.4, -0.2) is 41.9 Å². The molecule has 0 N–H and O–H groups in total. The van der Waals surface area contributed by atoms with Gasteiger partial charge in [-0.05, 0) is 24.3 Å². The number of rotatable bonds is 4. The van der Waals surface area contributed by atoms with Gasteiger partial charge in [-0.2, -0.15) is 9.52 Å². The molecule has 0 fully saturated rings. The van der Waals surface area contributed by atoms with Crippen LogP contribution in [0.15, 0.2) is 59.8 Å². The molecule has 3 aromatic rings. The molecule has 0 bridgehead atoms. The molecular weight excluding hydrogens is 364 g/mol. The number of nitrogens with zero attached hydrogens (tertiary/aromatic N) is 4. The van der Waals surface area contributed by atoms with Crippen molar-refractivity contribution in [1.82, 2.24) is 14.4 Å². The highest BCUT2D eigenvalue weighted by Crippen LogP contribution is 2.35. The van der Waals surface area contributed by atoms with Crippen LogP contribution >= 0.6 is 0 Å². The molecular formula is C19H18N4O3S. The lowest BCUT2D eigenvalue weighted by atomic mass is 10.0. The van der Waals surface area contributed by atoms with Crippen molar-refractivity contribution in [1.29, 1.82) is 0 Å². The first-order valence-corrected chi connectivity index (χ1v) is 10.2. The van der Waals surface area contributed by atoms with E-state index >= 15 is 0 Å². The van der Waals surface area contributed by atoms with Crippen LogP contribution in [0.3, 0.4) is 0 Å². The number of hydrogen-bond donors (Lipinski definition) is 0. The normalized spacial score (nSPS) is 17.2. The number of hydrazone groups is 1. The zero-order valence-electron chi connectivity index (χ0n) is 14.9. The minimum atomic E-state index is -3.58. The molecule has 2 heterocycles. The summed E-state index contributed by atoms with van der Waals surface area (Å²) in [5.41, 5.74) is 3.45. The van der Waals surface area contributed by atoms with Gasteiger partial charge in [0.25, 0.3) is 0 Å². The second-order valence-corrected chi connectivity index (χ2v) is 8.13. The van der Waals surface area contributed by atoms with Crippen molar-refractivity contribution in [3.63, 3.8) is 0 Å². The molecule has 0 saturated heterocycles. The van der Waals surface area contributed by atoms with Crippen molar-refractivity contribution >= 4 is 26.8 Å². The number of aromatic nitrogens is 2. The highest BCUT2D eigenvalue weighted by molar-refractivity contribution is 7.88. The summed E-state index contributed by atoms with van der Waals surface area (Å²) >= 11 is 0. The maximum atomic E-state index is 12.4. The summed E-state index contributed by atoms with van der Waals surface area (Å²) in [5, 5.41) is 4.39. The van der Waals surface area contributed by atoms with Gasteiger partial charge in [0.05, 0.1) is 42.0 Å². The predicted octanol–water partition coefficient (Wildman–Crippen LogP) is 2.75. The summed E-state index contributed by atoms with van der Waals surface area (Å²) in [6.45, 7) is 0. The molecule has 0 unspecified atom stereocenters. The molecule has 1 aliphatic rings. The van der Waals surface area contributed by atoms with Crippen LogP contribution in [0, 0.1) is 0 Å². The smallest absolute Gasteiger partial charge is 0.247 e. The first kappa shape index (κ1) is 17.4. The lowest BCUT2D eigenvalue weighted by Gasteiger charge is -2.20. The Morgan fingerprint density at radius 2 is 1.78 bits per heavy atom. The monoisotopic (exact) mass is 382 g/mol. The second kappa shape index (κ2) is 6.62. The summed E-state index contributed by atoms with van der Waals surface area (Å²) in [4.78, 5) is 9.03. The van der Waals surface area contributed by atoms with Crippen LogP contribution in [0.5, 0.6) is 5.75 Å². The van der Waals surface area contributed by atoms with Gasteiger partial charge >= 0.3 is 0 Å². The molecule has 7 nitrogen and oxygen atoms in total. The van der Waals surface area contributed by atoms with Crippen LogP contribution in [0.4, 0.5) is 0 Å². The predicted molar refractivity (Wildman–Crippen MR) is 103 cm³/mol. The topological polar surface area (TPSA) is 84.8 Å². The van der Waals surface area contributed by atoms with Crippen molar-refractivity contribution in [2.75, 3.05) is 13.4 Å². The summed E-state index contributed by atoms with van der Waals surface area (Å²) in [5.74, 6) is 0.648.